The molecule has 2 aromatic rings. The van der Waals surface area contributed by atoms with Crippen LogP contribution in [-0.4, -0.2) is 38.3 Å². The first-order valence-electron chi connectivity index (χ1n) is 9.84. The van der Waals surface area contributed by atoms with E-state index in [0.29, 0.717) is 23.8 Å². The predicted octanol–water partition coefficient (Wildman–Crippen LogP) is 3.53. The number of amides is 1. The Morgan fingerprint density at radius 3 is 2.54 bits per heavy atom. The number of hydrogen-bond donors (Lipinski definition) is 1. The molecule has 0 radical (unpaired) electrons. The van der Waals surface area contributed by atoms with E-state index in [1.165, 1.54) is 16.9 Å². The van der Waals surface area contributed by atoms with Gasteiger partial charge < -0.3 is 5.32 Å². The molecule has 5 nitrogen and oxygen atoms in total. The maximum absolute atomic E-state index is 12.6. The zero-order valence-corrected chi connectivity index (χ0v) is 17.8. The summed E-state index contributed by atoms with van der Waals surface area (Å²) in [5.41, 5.74) is 1.28. The number of benzene rings is 1. The average Bonchev–Trinajstić information content (AvgIpc) is 3.27. The molecule has 0 bridgehead atoms. The number of thiophene rings is 1. The Labute approximate surface area is 171 Å². The lowest BCUT2D eigenvalue weighted by molar-refractivity contribution is -0.126. The molecule has 152 valence electrons. The molecule has 1 aliphatic rings. The van der Waals surface area contributed by atoms with E-state index in [-0.39, 0.29) is 17.7 Å². The Hall–Kier alpha value is -1.70. The molecule has 1 N–H and O–H groups in total. The summed E-state index contributed by atoms with van der Waals surface area (Å²) in [6.45, 7) is 3.59. The maximum atomic E-state index is 12.6. The number of aryl methyl sites for hydroxylation is 1. The smallest absolute Gasteiger partial charge is 0.252 e. The summed E-state index contributed by atoms with van der Waals surface area (Å²) in [6, 6.07) is 13.7. The topological polar surface area (TPSA) is 66.5 Å². The van der Waals surface area contributed by atoms with Gasteiger partial charge in [0.25, 0.3) is 10.0 Å². The number of sulfonamides is 1. The van der Waals surface area contributed by atoms with Gasteiger partial charge in [0.15, 0.2) is 0 Å². The molecule has 0 unspecified atom stereocenters. The van der Waals surface area contributed by atoms with Crippen molar-refractivity contribution in [1.82, 2.24) is 9.62 Å². The van der Waals surface area contributed by atoms with E-state index < -0.39 is 10.0 Å². The second kappa shape index (κ2) is 9.67. The molecule has 1 aromatic heterocycles. The third-order valence-corrected chi connectivity index (χ3v) is 8.76. The normalized spacial score (nSPS) is 17.3. The van der Waals surface area contributed by atoms with Crippen molar-refractivity contribution < 1.29 is 13.2 Å². The number of nitrogens with zero attached hydrogens (tertiary/aromatic N) is 1. The van der Waals surface area contributed by atoms with Gasteiger partial charge in [-0.1, -0.05) is 43.3 Å². The van der Waals surface area contributed by atoms with Crippen LogP contribution in [0.2, 0.25) is 0 Å². The Bertz CT molecular complexity index is 843. The van der Waals surface area contributed by atoms with Gasteiger partial charge in [0.05, 0.1) is 0 Å². The molecular formula is C21H28N2O3S2. The highest BCUT2D eigenvalue weighted by molar-refractivity contribution is 7.91. The molecule has 7 heteroatoms. The molecule has 3 rings (SSSR count). The lowest BCUT2D eigenvalue weighted by Gasteiger charge is -2.33. The van der Waals surface area contributed by atoms with Crippen LogP contribution in [0.4, 0.5) is 0 Å². The van der Waals surface area contributed by atoms with Crippen LogP contribution in [-0.2, 0) is 21.2 Å². The number of carbonyl (C=O) groups excluding carboxylic acids is 1. The van der Waals surface area contributed by atoms with Gasteiger partial charge in [-0.15, -0.1) is 11.3 Å². The van der Waals surface area contributed by atoms with Crippen molar-refractivity contribution in [3.8, 4) is 0 Å². The fraction of sp³-hybridized carbons (Fsp3) is 0.476. The molecule has 0 spiro atoms. The quantitative estimate of drug-likeness (QED) is 0.665. The van der Waals surface area contributed by atoms with Crippen molar-refractivity contribution in [2.75, 3.05) is 19.6 Å². The minimum absolute atomic E-state index is 0.0765. The van der Waals surface area contributed by atoms with Gasteiger partial charge >= 0.3 is 0 Å². The number of piperidine rings is 1. The van der Waals surface area contributed by atoms with Crippen LogP contribution in [0.1, 0.15) is 31.7 Å². The van der Waals surface area contributed by atoms with Crippen LogP contribution in [0.3, 0.4) is 0 Å². The Kier molecular flexibility index (Phi) is 7.26. The van der Waals surface area contributed by atoms with E-state index in [4.69, 9.17) is 0 Å². The van der Waals surface area contributed by atoms with Gasteiger partial charge in [-0.05, 0) is 48.6 Å². The first-order valence-corrected chi connectivity index (χ1v) is 12.2. The fourth-order valence-electron chi connectivity index (χ4n) is 3.68. The summed E-state index contributed by atoms with van der Waals surface area (Å²) in [6.07, 6.45) is 3.32. The molecule has 28 heavy (non-hydrogen) atoms. The Morgan fingerprint density at radius 1 is 1.18 bits per heavy atom. The summed E-state index contributed by atoms with van der Waals surface area (Å²) in [5, 5.41) is 4.83. The molecule has 0 saturated carbocycles. The third kappa shape index (κ3) is 5.21. The summed E-state index contributed by atoms with van der Waals surface area (Å²) >= 11 is 1.25. The highest BCUT2D eigenvalue weighted by Crippen LogP contribution is 2.29. The molecule has 1 aromatic carbocycles. The lowest BCUT2D eigenvalue weighted by Crippen LogP contribution is -2.42. The molecule has 1 amide bonds. The van der Waals surface area contributed by atoms with Crippen molar-refractivity contribution in [3.63, 3.8) is 0 Å². The lowest BCUT2D eigenvalue weighted by atomic mass is 9.85. The summed E-state index contributed by atoms with van der Waals surface area (Å²) in [4.78, 5) is 12.5. The van der Waals surface area contributed by atoms with E-state index in [1.54, 1.807) is 21.8 Å². The average molecular weight is 421 g/mol. The second-order valence-electron chi connectivity index (χ2n) is 7.34. The number of rotatable bonds is 8. The standard InChI is InChI=1S/C21H28N2O3S2/c1-17(21(24)22-13-5-9-18-7-3-2-4-8-18)19-11-14-23(15-12-19)28(25,26)20-10-6-16-27-20/h2-4,6-8,10,16-17,19H,5,9,11-15H2,1H3,(H,22,24)/t17-/m0/s1. The van der Waals surface area contributed by atoms with Gasteiger partial charge in [-0.25, -0.2) is 8.42 Å². The molecule has 1 fully saturated rings. The molecule has 1 atom stereocenters. The van der Waals surface area contributed by atoms with Crippen molar-refractivity contribution in [1.29, 1.82) is 0 Å². The van der Waals surface area contributed by atoms with Crippen LogP contribution >= 0.6 is 11.3 Å². The van der Waals surface area contributed by atoms with Crippen molar-refractivity contribution in [3.05, 3.63) is 53.4 Å². The molecule has 1 aliphatic heterocycles. The fourth-order valence-corrected chi connectivity index (χ4v) is 6.29. The van der Waals surface area contributed by atoms with Gasteiger partial charge in [0.2, 0.25) is 5.91 Å². The number of carbonyl (C=O) groups is 1. The zero-order valence-electron chi connectivity index (χ0n) is 16.2. The zero-order chi connectivity index (χ0) is 20.0. The van der Waals surface area contributed by atoms with Crippen molar-refractivity contribution >= 4 is 27.3 Å². The van der Waals surface area contributed by atoms with Gasteiger partial charge in [0.1, 0.15) is 4.21 Å². The first-order chi connectivity index (χ1) is 13.5. The van der Waals surface area contributed by atoms with Gasteiger partial charge in [-0.3, -0.25) is 4.79 Å². The second-order valence-corrected chi connectivity index (χ2v) is 10.5. The molecule has 0 aliphatic carbocycles. The van der Waals surface area contributed by atoms with E-state index >= 15 is 0 Å². The highest BCUT2D eigenvalue weighted by atomic mass is 32.2. The van der Waals surface area contributed by atoms with Crippen molar-refractivity contribution in [2.45, 2.75) is 36.8 Å². The first kappa shape index (κ1) is 21.0. The summed E-state index contributed by atoms with van der Waals surface area (Å²) in [5.74, 6) is 0.208. The van der Waals surface area contributed by atoms with E-state index in [9.17, 15) is 13.2 Å². The van der Waals surface area contributed by atoms with Crippen LogP contribution in [0.25, 0.3) is 0 Å². The minimum atomic E-state index is -3.38. The minimum Gasteiger partial charge on any atom is -0.356 e. The maximum Gasteiger partial charge on any atom is 0.252 e. The molecule has 1 saturated heterocycles. The van der Waals surface area contributed by atoms with Crippen LogP contribution < -0.4 is 5.32 Å². The van der Waals surface area contributed by atoms with Crippen LogP contribution in [0, 0.1) is 11.8 Å². The molecule has 2 heterocycles. The SMILES string of the molecule is C[C@H](C(=O)NCCCc1ccccc1)C1CCN(S(=O)(=O)c2cccs2)CC1. The third-order valence-electron chi connectivity index (χ3n) is 5.49. The Morgan fingerprint density at radius 2 is 1.89 bits per heavy atom. The predicted molar refractivity (Wildman–Crippen MR) is 113 cm³/mol. The largest absolute Gasteiger partial charge is 0.356 e. The highest BCUT2D eigenvalue weighted by Gasteiger charge is 2.33. The summed E-state index contributed by atoms with van der Waals surface area (Å²) < 4.78 is 27.2. The monoisotopic (exact) mass is 420 g/mol. The van der Waals surface area contributed by atoms with Gasteiger partial charge in [-0.2, -0.15) is 4.31 Å². The van der Waals surface area contributed by atoms with Crippen LogP contribution in [0.15, 0.2) is 52.1 Å². The number of nitrogens with one attached hydrogen (secondary N) is 1. The van der Waals surface area contributed by atoms with Crippen molar-refractivity contribution in [2.24, 2.45) is 11.8 Å². The Balaban J connectivity index is 1.41. The van der Waals surface area contributed by atoms with E-state index in [2.05, 4.69) is 17.4 Å². The van der Waals surface area contributed by atoms with Crippen LogP contribution in [0.5, 0.6) is 0 Å². The van der Waals surface area contributed by atoms with Gasteiger partial charge in [0, 0.05) is 25.6 Å². The number of hydrogen-bond acceptors (Lipinski definition) is 4. The van der Waals surface area contributed by atoms with E-state index in [0.717, 1.165) is 25.7 Å². The molecular weight excluding hydrogens is 392 g/mol. The van der Waals surface area contributed by atoms with E-state index in [1.807, 2.05) is 25.1 Å². The summed E-state index contributed by atoms with van der Waals surface area (Å²) in [7, 11) is -3.38.